The molecule has 120 valence electrons. The molecule has 1 aliphatic rings. The molecule has 4 heteroatoms. The highest BCUT2D eigenvalue weighted by atomic mass is 16.4. The minimum Gasteiger partial charge on any atom is -0.481 e. The Balaban J connectivity index is 1.93. The van der Waals surface area contributed by atoms with Crippen molar-refractivity contribution < 1.29 is 14.7 Å². The van der Waals surface area contributed by atoms with Crippen LogP contribution in [0.2, 0.25) is 0 Å². The van der Waals surface area contributed by atoms with Gasteiger partial charge in [0.15, 0.2) is 0 Å². The molecular weight excluding hydrogens is 278 g/mol. The fourth-order valence-corrected chi connectivity index (χ4v) is 3.00. The first-order valence-electron chi connectivity index (χ1n) is 8.10. The molecule has 1 amide bonds. The van der Waals surface area contributed by atoms with E-state index in [1.165, 1.54) is 5.56 Å². The Morgan fingerprint density at radius 2 is 2.00 bits per heavy atom. The molecule has 1 N–H and O–H groups in total. The normalized spacial score (nSPS) is 19.7. The lowest BCUT2D eigenvalue weighted by atomic mass is 9.94. The number of carboxylic acids is 1. The van der Waals surface area contributed by atoms with Crippen LogP contribution in [0.3, 0.4) is 0 Å². The third-order valence-electron chi connectivity index (χ3n) is 4.56. The Kier molecular flexibility index (Phi) is 5.58. The Labute approximate surface area is 132 Å². The molecule has 0 aromatic heterocycles. The molecule has 22 heavy (non-hydrogen) atoms. The average molecular weight is 303 g/mol. The molecule has 1 saturated heterocycles. The van der Waals surface area contributed by atoms with Crippen molar-refractivity contribution in [3.8, 4) is 0 Å². The van der Waals surface area contributed by atoms with E-state index in [-0.39, 0.29) is 11.8 Å². The lowest BCUT2D eigenvalue weighted by Gasteiger charge is -2.31. The smallest absolute Gasteiger partial charge is 0.308 e. The van der Waals surface area contributed by atoms with Crippen LogP contribution in [-0.4, -0.2) is 35.0 Å². The average Bonchev–Trinajstić information content (AvgIpc) is 2.54. The van der Waals surface area contributed by atoms with E-state index in [4.69, 9.17) is 5.11 Å². The van der Waals surface area contributed by atoms with E-state index < -0.39 is 11.9 Å². The lowest BCUT2D eigenvalue weighted by Crippen LogP contribution is -2.42. The molecule has 0 radical (unpaired) electrons. The van der Waals surface area contributed by atoms with Crippen LogP contribution in [0, 0.1) is 5.92 Å². The van der Waals surface area contributed by atoms with Gasteiger partial charge in [0.2, 0.25) is 5.91 Å². The molecule has 1 fully saturated rings. The molecule has 0 bridgehead atoms. The number of aryl methyl sites for hydroxylation is 1. The maximum Gasteiger partial charge on any atom is 0.308 e. The number of amides is 1. The van der Waals surface area contributed by atoms with Gasteiger partial charge in [0, 0.05) is 19.5 Å². The topological polar surface area (TPSA) is 57.6 Å². The number of nitrogens with zero attached hydrogens (tertiary/aromatic N) is 1. The minimum atomic E-state index is -0.791. The maximum atomic E-state index is 12.4. The van der Waals surface area contributed by atoms with Crippen LogP contribution in [0.15, 0.2) is 24.3 Å². The van der Waals surface area contributed by atoms with E-state index in [1.54, 1.807) is 4.90 Å². The van der Waals surface area contributed by atoms with Crippen molar-refractivity contribution >= 4 is 11.9 Å². The number of hydrogen-bond donors (Lipinski definition) is 1. The molecule has 0 saturated carbocycles. The van der Waals surface area contributed by atoms with Crippen molar-refractivity contribution in [1.82, 2.24) is 4.90 Å². The van der Waals surface area contributed by atoms with Crippen LogP contribution < -0.4 is 0 Å². The standard InChI is InChI=1S/C18H25NO3/c1-3-14-6-8-15(9-7-14)13(2)11-17(20)19-10-4-5-16(12-19)18(21)22/h6-9,13,16H,3-5,10-12H2,1-2H3,(H,21,22). The molecule has 1 heterocycles. The Hall–Kier alpha value is -1.84. The van der Waals surface area contributed by atoms with Gasteiger partial charge in [0.25, 0.3) is 0 Å². The zero-order valence-electron chi connectivity index (χ0n) is 13.4. The third-order valence-corrected chi connectivity index (χ3v) is 4.56. The number of piperidine rings is 1. The minimum absolute atomic E-state index is 0.0676. The van der Waals surface area contributed by atoms with Gasteiger partial charge in [-0.15, -0.1) is 0 Å². The fourth-order valence-electron chi connectivity index (χ4n) is 3.00. The van der Waals surface area contributed by atoms with Gasteiger partial charge in [-0.05, 0) is 36.3 Å². The Morgan fingerprint density at radius 1 is 1.32 bits per heavy atom. The summed E-state index contributed by atoms with van der Waals surface area (Å²) in [6, 6.07) is 8.40. The summed E-state index contributed by atoms with van der Waals surface area (Å²) in [5.41, 5.74) is 2.46. The van der Waals surface area contributed by atoms with E-state index in [0.29, 0.717) is 25.9 Å². The van der Waals surface area contributed by atoms with Gasteiger partial charge in [-0.2, -0.15) is 0 Å². The summed E-state index contributed by atoms with van der Waals surface area (Å²) in [5, 5.41) is 9.11. The van der Waals surface area contributed by atoms with Crippen molar-refractivity contribution in [2.75, 3.05) is 13.1 Å². The number of hydrogen-bond acceptors (Lipinski definition) is 2. The van der Waals surface area contributed by atoms with E-state index in [2.05, 4.69) is 38.1 Å². The molecule has 2 rings (SSSR count). The first-order valence-corrected chi connectivity index (χ1v) is 8.10. The van der Waals surface area contributed by atoms with Gasteiger partial charge in [-0.1, -0.05) is 38.1 Å². The van der Waals surface area contributed by atoms with Crippen molar-refractivity contribution in [2.45, 2.75) is 45.4 Å². The maximum absolute atomic E-state index is 12.4. The first-order chi connectivity index (χ1) is 10.5. The zero-order valence-corrected chi connectivity index (χ0v) is 13.4. The zero-order chi connectivity index (χ0) is 16.1. The summed E-state index contributed by atoms with van der Waals surface area (Å²) >= 11 is 0. The fraction of sp³-hybridized carbons (Fsp3) is 0.556. The molecular formula is C18H25NO3. The number of rotatable bonds is 5. The van der Waals surface area contributed by atoms with E-state index in [1.807, 2.05) is 0 Å². The van der Waals surface area contributed by atoms with Crippen LogP contribution in [0.4, 0.5) is 0 Å². The van der Waals surface area contributed by atoms with Crippen LogP contribution >= 0.6 is 0 Å². The van der Waals surface area contributed by atoms with Gasteiger partial charge in [-0.3, -0.25) is 9.59 Å². The second-order valence-corrected chi connectivity index (χ2v) is 6.22. The number of carboxylic acid groups (broad SMARTS) is 1. The molecule has 0 aliphatic carbocycles. The number of benzene rings is 1. The quantitative estimate of drug-likeness (QED) is 0.909. The Bertz CT molecular complexity index is 524. The van der Waals surface area contributed by atoms with Crippen molar-refractivity contribution in [3.05, 3.63) is 35.4 Å². The highest BCUT2D eigenvalue weighted by molar-refractivity contribution is 5.78. The summed E-state index contributed by atoms with van der Waals surface area (Å²) < 4.78 is 0. The van der Waals surface area contributed by atoms with Crippen molar-refractivity contribution in [2.24, 2.45) is 5.92 Å². The highest BCUT2D eigenvalue weighted by Gasteiger charge is 2.28. The summed E-state index contributed by atoms with van der Waals surface area (Å²) in [4.78, 5) is 25.2. The monoisotopic (exact) mass is 303 g/mol. The van der Waals surface area contributed by atoms with Crippen LogP contribution in [0.5, 0.6) is 0 Å². The SMILES string of the molecule is CCc1ccc(C(C)CC(=O)N2CCCC(C(=O)O)C2)cc1. The second kappa shape index (κ2) is 7.43. The molecule has 1 aromatic rings. The number of carbonyl (C=O) groups excluding carboxylic acids is 1. The van der Waals surface area contributed by atoms with Gasteiger partial charge in [0.1, 0.15) is 0 Å². The van der Waals surface area contributed by atoms with Gasteiger partial charge < -0.3 is 10.0 Å². The van der Waals surface area contributed by atoms with Crippen LogP contribution in [0.1, 0.15) is 50.2 Å². The van der Waals surface area contributed by atoms with E-state index >= 15 is 0 Å². The van der Waals surface area contributed by atoms with E-state index in [9.17, 15) is 9.59 Å². The number of aliphatic carboxylic acids is 1. The second-order valence-electron chi connectivity index (χ2n) is 6.22. The van der Waals surface area contributed by atoms with Crippen molar-refractivity contribution in [3.63, 3.8) is 0 Å². The molecule has 2 unspecified atom stereocenters. The van der Waals surface area contributed by atoms with Gasteiger partial charge in [0.05, 0.1) is 5.92 Å². The lowest BCUT2D eigenvalue weighted by molar-refractivity contribution is -0.145. The highest BCUT2D eigenvalue weighted by Crippen LogP contribution is 2.23. The summed E-state index contributed by atoms with van der Waals surface area (Å²) in [7, 11) is 0. The van der Waals surface area contributed by atoms with Crippen LogP contribution in [0.25, 0.3) is 0 Å². The predicted octanol–water partition coefficient (Wildman–Crippen LogP) is 3.07. The molecule has 4 nitrogen and oxygen atoms in total. The van der Waals surface area contributed by atoms with Gasteiger partial charge >= 0.3 is 5.97 Å². The van der Waals surface area contributed by atoms with E-state index in [0.717, 1.165) is 18.4 Å². The van der Waals surface area contributed by atoms with Crippen LogP contribution in [-0.2, 0) is 16.0 Å². The third kappa shape index (κ3) is 4.09. The summed E-state index contributed by atoms with van der Waals surface area (Å²) in [5.74, 6) is -0.973. The summed E-state index contributed by atoms with van der Waals surface area (Å²) in [6.07, 6.45) is 2.91. The largest absolute Gasteiger partial charge is 0.481 e. The van der Waals surface area contributed by atoms with Crippen molar-refractivity contribution in [1.29, 1.82) is 0 Å². The number of carbonyl (C=O) groups is 2. The molecule has 0 spiro atoms. The number of likely N-dealkylation sites (tertiary alicyclic amines) is 1. The molecule has 2 atom stereocenters. The predicted molar refractivity (Wildman–Crippen MR) is 85.8 cm³/mol. The Morgan fingerprint density at radius 3 is 2.59 bits per heavy atom. The molecule has 1 aromatic carbocycles. The first kappa shape index (κ1) is 16.5. The molecule has 1 aliphatic heterocycles. The van der Waals surface area contributed by atoms with Gasteiger partial charge in [-0.25, -0.2) is 0 Å². The summed E-state index contributed by atoms with van der Waals surface area (Å²) in [6.45, 7) is 5.22.